The molecule has 0 amide bonds. The SMILES string of the molecule is CCC(CC)c1cc(CNC(=NC)NCC(OC)C(C)(C)C)on1. The first-order valence-electron chi connectivity index (χ1n) is 8.78. The van der Waals surface area contributed by atoms with Crippen LogP contribution in [0.25, 0.3) is 0 Å². The van der Waals surface area contributed by atoms with Gasteiger partial charge in [0.25, 0.3) is 0 Å². The van der Waals surface area contributed by atoms with Gasteiger partial charge in [-0.3, -0.25) is 4.99 Å². The molecule has 0 spiro atoms. The van der Waals surface area contributed by atoms with Crippen LogP contribution in [-0.4, -0.2) is 37.9 Å². The molecule has 6 heteroatoms. The third-order valence-corrected chi connectivity index (χ3v) is 4.34. The van der Waals surface area contributed by atoms with E-state index >= 15 is 0 Å². The van der Waals surface area contributed by atoms with Crippen LogP contribution in [-0.2, 0) is 11.3 Å². The lowest BCUT2D eigenvalue weighted by atomic mass is 9.89. The second-order valence-corrected chi connectivity index (χ2v) is 7.13. The lowest BCUT2D eigenvalue weighted by Gasteiger charge is -2.30. The first kappa shape index (κ1) is 20.5. The molecule has 2 N–H and O–H groups in total. The van der Waals surface area contributed by atoms with Gasteiger partial charge in [-0.2, -0.15) is 0 Å². The molecule has 0 saturated carbocycles. The predicted octanol–water partition coefficient (Wildman–Crippen LogP) is 3.30. The highest BCUT2D eigenvalue weighted by molar-refractivity contribution is 5.79. The Kier molecular flexibility index (Phi) is 8.25. The highest BCUT2D eigenvalue weighted by atomic mass is 16.5. The topological polar surface area (TPSA) is 71.7 Å². The standard InChI is InChI=1S/C18H34N4O2/c1-8-13(9-2)15-10-14(24-22-15)11-20-17(19-6)21-12-16(23-7)18(3,4)5/h10,13,16H,8-9,11-12H2,1-7H3,(H2,19,20,21). The number of guanidine groups is 1. The molecule has 1 aromatic heterocycles. The Labute approximate surface area is 146 Å². The summed E-state index contributed by atoms with van der Waals surface area (Å²) in [7, 11) is 3.49. The van der Waals surface area contributed by atoms with Crippen LogP contribution in [0.15, 0.2) is 15.6 Å². The Hall–Kier alpha value is -1.56. The van der Waals surface area contributed by atoms with E-state index in [0.717, 1.165) is 30.3 Å². The second-order valence-electron chi connectivity index (χ2n) is 7.13. The molecule has 1 aromatic rings. The molecule has 0 bridgehead atoms. The minimum atomic E-state index is 0.0652. The van der Waals surface area contributed by atoms with Crippen molar-refractivity contribution in [3.8, 4) is 0 Å². The van der Waals surface area contributed by atoms with Crippen LogP contribution in [0.2, 0.25) is 0 Å². The smallest absolute Gasteiger partial charge is 0.191 e. The van der Waals surface area contributed by atoms with Gasteiger partial charge in [0.15, 0.2) is 11.7 Å². The van der Waals surface area contributed by atoms with Crippen LogP contribution in [0, 0.1) is 5.41 Å². The molecule has 0 aliphatic heterocycles. The molecule has 138 valence electrons. The maximum Gasteiger partial charge on any atom is 0.191 e. The molecule has 1 heterocycles. The van der Waals surface area contributed by atoms with Crippen molar-refractivity contribution in [3.05, 3.63) is 17.5 Å². The Morgan fingerprint density at radius 2 is 1.96 bits per heavy atom. The number of methoxy groups -OCH3 is 1. The number of ether oxygens (including phenoxy) is 1. The summed E-state index contributed by atoms with van der Waals surface area (Å²) in [6.45, 7) is 12.1. The number of hydrogen-bond donors (Lipinski definition) is 2. The first-order chi connectivity index (χ1) is 11.3. The van der Waals surface area contributed by atoms with Gasteiger partial charge in [-0.05, 0) is 18.3 Å². The third-order valence-electron chi connectivity index (χ3n) is 4.34. The Bertz CT molecular complexity index is 501. The Morgan fingerprint density at radius 3 is 2.46 bits per heavy atom. The van der Waals surface area contributed by atoms with Gasteiger partial charge in [0.05, 0.1) is 18.3 Å². The summed E-state index contributed by atoms with van der Waals surface area (Å²) in [5.41, 5.74) is 1.10. The van der Waals surface area contributed by atoms with Gasteiger partial charge in [-0.15, -0.1) is 0 Å². The molecule has 6 nitrogen and oxygen atoms in total. The van der Waals surface area contributed by atoms with E-state index in [1.807, 2.05) is 6.07 Å². The molecule has 1 atom stereocenters. The second kappa shape index (κ2) is 9.67. The molecule has 1 rings (SSSR count). The van der Waals surface area contributed by atoms with Crippen LogP contribution < -0.4 is 10.6 Å². The first-order valence-corrected chi connectivity index (χ1v) is 8.78. The van der Waals surface area contributed by atoms with Gasteiger partial charge in [0, 0.05) is 32.7 Å². The van der Waals surface area contributed by atoms with Crippen molar-refractivity contribution in [2.24, 2.45) is 10.4 Å². The molecular formula is C18H34N4O2. The summed E-state index contributed by atoms with van der Waals surface area (Å²) in [5.74, 6) is 2.01. The van der Waals surface area contributed by atoms with E-state index in [-0.39, 0.29) is 11.5 Å². The van der Waals surface area contributed by atoms with Crippen molar-refractivity contribution in [1.29, 1.82) is 0 Å². The fraction of sp³-hybridized carbons (Fsp3) is 0.778. The third kappa shape index (κ3) is 6.15. The molecule has 0 saturated heterocycles. The zero-order valence-electron chi connectivity index (χ0n) is 16.3. The van der Waals surface area contributed by atoms with E-state index in [9.17, 15) is 0 Å². The average molecular weight is 338 g/mol. The van der Waals surface area contributed by atoms with Gasteiger partial charge in [0.1, 0.15) is 0 Å². The molecular weight excluding hydrogens is 304 g/mol. The Morgan fingerprint density at radius 1 is 1.29 bits per heavy atom. The van der Waals surface area contributed by atoms with Gasteiger partial charge in [-0.1, -0.05) is 39.8 Å². The van der Waals surface area contributed by atoms with Crippen LogP contribution in [0.1, 0.15) is 64.8 Å². The van der Waals surface area contributed by atoms with Crippen molar-refractivity contribution in [2.75, 3.05) is 20.7 Å². The molecule has 0 fully saturated rings. The number of aliphatic imine (C=N–C) groups is 1. The van der Waals surface area contributed by atoms with E-state index in [1.165, 1.54) is 0 Å². The van der Waals surface area contributed by atoms with E-state index in [0.29, 0.717) is 19.0 Å². The summed E-state index contributed by atoms with van der Waals surface area (Å²) in [6.07, 6.45) is 2.25. The molecule has 0 aliphatic rings. The number of nitrogens with one attached hydrogen (secondary N) is 2. The lowest BCUT2D eigenvalue weighted by Crippen LogP contribution is -2.45. The minimum Gasteiger partial charge on any atom is -0.379 e. The van der Waals surface area contributed by atoms with Crippen molar-refractivity contribution in [2.45, 2.75) is 66.0 Å². The van der Waals surface area contributed by atoms with Crippen LogP contribution >= 0.6 is 0 Å². The number of aromatic nitrogens is 1. The summed E-state index contributed by atoms with van der Waals surface area (Å²) in [6, 6.07) is 2.03. The van der Waals surface area contributed by atoms with Crippen molar-refractivity contribution in [3.63, 3.8) is 0 Å². The van der Waals surface area contributed by atoms with Crippen LogP contribution in [0.4, 0.5) is 0 Å². The molecule has 24 heavy (non-hydrogen) atoms. The fourth-order valence-corrected chi connectivity index (χ4v) is 2.64. The lowest BCUT2D eigenvalue weighted by molar-refractivity contribution is 0.0205. The molecule has 0 aliphatic carbocycles. The highest BCUT2D eigenvalue weighted by Crippen LogP contribution is 2.22. The maximum atomic E-state index is 5.55. The highest BCUT2D eigenvalue weighted by Gasteiger charge is 2.24. The van der Waals surface area contributed by atoms with Crippen molar-refractivity contribution < 1.29 is 9.26 Å². The van der Waals surface area contributed by atoms with Crippen molar-refractivity contribution in [1.82, 2.24) is 15.8 Å². The summed E-state index contributed by atoms with van der Waals surface area (Å²) in [5, 5.41) is 10.7. The number of nitrogens with zero attached hydrogens (tertiary/aromatic N) is 2. The summed E-state index contributed by atoms with van der Waals surface area (Å²) < 4.78 is 11.0. The average Bonchev–Trinajstić information content (AvgIpc) is 2.99. The van der Waals surface area contributed by atoms with Gasteiger partial charge >= 0.3 is 0 Å². The quantitative estimate of drug-likeness (QED) is 0.562. The summed E-state index contributed by atoms with van der Waals surface area (Å²) in [4.78, 5) is 4.24. The van der Waals surface area contributed by atoms with Crippen LogP contribution in [0.3, 0.4) is 0 Å². The Balaban J connectivity index is 2.53. The maximum absolute atomic E-state index is 5.55. The van der Waals surface area contributed by atoms with Gasteiger partial charge < -0.3 is 19.9 Å². The molecule has 0 aromatic carbocycles. The van der Waals surface area contributed by atoms with Crippen LogP contribution in [0.5, 0.6) is 0 Å². The van der Waals surface area contributed by atoms with Gasteiger partial charge in [0.2, 0.25) is 0 Å². The number of hydrogen-bond acceptors (Lipinski definition) is 4. The number of rotatable bonds is 8. The normalized spacial score (nSPS) is 14.1. The predicted molar refractivity (Wildman–Crippen MR) is 98.3 cm³/mol. The van der Waals surface area contributed by atoms with E-state index in [4.69, 9.17) is 9.26 Å². The van der Waals surface area contributed by atoms with E-state index in [1.54, 1.807) is 14.2 Å². The van der Waals surface area contributed by atoms with E-state index in [2.05, 4.69) is 55.4 Å². The van der Waals surface area contributed by atoms with Gasteiger partial charge in [-0.25, -0.2) is 0 Å². The van der Waals surface area contributed by atoms with Crippen molar-refractivity contribution >= 4 is 5.96 Å². The summed E-state index contributed by atoms with van der Waals surface area (Å²) >= 11 is 0. The zero-order valence-corrected chi connectivity index (χ0v) is 16.3. The monoisotopic (exact) mass is 338 g/mol. The van der Waals surface area contributed by atoms with E-state index < -0.39 is 0 Å². The fourth-order valence-electron chi connectivity index (χ4n) is 2.64. The zero-order chi connectivity index (χ0) is 18.2. The minimum absolute atomic E-state index is 0.0652. The molecule has 1 unspecified atom stereocenters. The largest absolute Gasteiger partial charge is 0.379 e. The molecule has 0 radical (unpaired) electrons.